The second kappa shape index (κ2) is 7.11. The van der Waals surface area contributed by atoms with Gasteiger partial charge in [-0.25, -0.2) is 0 Å². The third-order valence-corrected chi connectivity index (χ3v) is 9.15. The van der Waals surface area contributed by atoms with Crippen LogP contribution in [0.3, 0.4) is 0 Å². The van der Waals surface area contributed by atoms with Crippen molar-refractivity contribution in [3.05, 3.63) is 101 Å². The molecule has 0 N–H and O–H groups in total. The van der Waals surface area contributed by atoms with Crippen LogP contribution in [0, 0.1) is 34.6 Å². The summed E-state index contributed by atoms with van der Waals surface area (Å²) < 4.78 is 0. The molecule has 0 nitrogen and oxygen atoms in total. The zero-order valence-corrected chi connectivity index (χ0v) is 19.4. The van der Waals surface area contributed by atoms with Crippen molar-refractivity contribution in [3.8, 4) is 22.3 Å². The van der Waals surface area contributed by atoms with E-state index in [2.05, 4.69) is 107 Å². The zero-order chi connectivity index (χ0) is 21.0. The van der Waals surface area contributed by atoms with E-state index in [1.54, 1.807) is 0 Å². The second-order valence-corrected chi connectivity index (χ2v) is 11.2. The maximum absolute atomic E-state index is 2.45. The van der Waals surface area contributed by atoms with E-state index in [-0.39, 0.29) is 0 Å². The largest absolute Gasteiger partial charge is 0.157 e. The highest BCUT2D eigenvalue weighted by molar-refractivity contribution is 6.99. The van der Waals surface area contributed by atoms with Crippen LogP contribution in [-0.2, 0) is 0 Å². The number of hydrogen-bond acceptors (Lipinski definition) is 0. The molecule has 0 atom stereocenters. The van der Waals surface area contributed by atoms with Crippen molar-refractivity contribution in [3.63, 3.8) is 0 Å². The Morgan fingerprint density at radius 2 is 0.733 bits per heavy atom. The SMILES string of the molecule is Cc1ccc(-c2ccc(C)cc2[Si]2c3cc(C)ccc3-c3ccc(C)cc32)c(C)c1. The summed E-state index contributed by atoms with van der Waals surface area (Å²) in [6.45, 7) is 11.1. The van der Waals surface area contributed by atoms with Crippen LogP contribution in [-0.4, -0.2) is 8.80 Å². The predicted molar refractivity (Wildman–Crippen MR) is 132 cm³/mol. The molecule has 1 heterocycles. The molecule has 147 valence electrons. The van der Waals surface area contributed by atoms with Crippen molar-refractivity contribution in [2.24, 2.45) is 0 Å². The van der Waals surface area contributed by atoms with Gasteiger partial charge in [0, 0.05) is 0 Å². The standard InChI is InChI=1S/C29H27Si/c1-18-6-10-23(22(5)14-18)24-11-7-19(2)15-27(24)30-28-16-20(3)8-12-25(28)26-13-9-21(4)17-29(26)30/h6-17H,1-5H3. The Morgan fingerprint density at radius 1 is 0.400 bits per heavy atom. The van der Waals surface area contributed by atoms with Gasteiger partial charge >= 0.3 is 0 Å². The molecule has 0 saturated heterocycles. The van der Waals surface area contributed by atoms with Crippen molar-refractivity contribution < 1.29 is 0 Å². The monoisotopic (exact) mass is 403 g/mol. The quantitative estimate of drug-likeness (QED) is 0.347. The zero-order valence-electron chi connectivity index (χ0n) is 18.4. The average molecular weight is 404 g/mol. The summed E-state index contributed by atoms with van der Waals surface area (Å²) >= 11 is 0. The molecule has 0 aliphatic carbocycles. The fourth-order valence-electron chi connectivity index (χ4n) is 4.85. The molecular weight excluding hydrogens is 376 g/mol. The fourth-order valence-corrected chi connectivity index (χ4v) is 8.30. The second-order valence-electron chi connectivity index (χ2n) is 8.84. The molecule has 4 aromatic rings. The molecule has 0 fully saturated rings. The van der Waals surface area contributed by atoms with Crippen LogP contribution in [0.1, 0.15) is 27.8 Å². The minimum Gasteiger partial charge on any atom is -0.0589 e. The van der Waals surface area contributed by atoms with Gasteiger partial charge in [0.05, 0.1) is 0 Å². The predicted octanol–water partition coefficient (Wildman–Crippen LogP) is 5.39. The molecule has 0 spiro atoms. The van der Waals surface area contributed by atoms with E-state index in [0.717, 1.165) is 0 Å². The Morgan fingerprint density at radius 3 is 1.13 bits per heavy atom. The minimum absolute atomic E-state index is 1.07. The number of fused-ring (bicyclic) bond motifs is 3. The van der Waals surface area contributed by atoms with E-state index >= 15 is 0 Å². The highest BCUT2D eigenvalue weighted by atomic mass is 28.3. The molecule has 0 bridgehead atoms. The first kappa shape index (κ1) is 19.1. The van der Waals surface area contributed by atoms with E-state index in [9.17, 15) is 0 Å². The summed E-state index contributed by atoms with van der Waals surface area (Å²) in [4.78, 5) is 0. The Balaban J connectivity index is 1.82. The summed E-state index contributed by atoms with van der Waals surface area (Å²) in [5.74, 6) is 0. The van der Waals surface area contributed by atoms with Gasteiger partial charge in [-0.15, -0.1) is 0 Å². The maximum Gasteiger partial charge on any atom is 0.157 e. The Kier molecular flexibility index (Phi) is 4.52. The number of benzene rings is 4. The van der Waals surface area contributed by atoms with Crippen LogP contribution in [0.25, 0.3) is 22.3 Å². The van der Waals surface area contributed by atoms with Gasteiger partial charge in [0.1, 0.15) is 0 Å². The summed E-state index contributed by atoms with van der Waals surface area (Å²) in [6.07, 6.45) is 0. The third kappa shape index (κ3) is 3.05. The van der Waals surface area contributed by atoms with Crippen LogP contribution < -0.4 is 15.6 Å². The molecule has 1 aliphatic heterocycles. The van der Waals surface area contributed by atoms with Gasteiger partial charge in [-0.3, -0.25) is 0 Å². The van der Waals surface area contributed by atoms with E-state index in [1.165, 1.54) is 65.6 Å². The van der Waals surface area contributed by atoms with Gasteiger partial charge < -0.3 is 0 Å². The molecular formula is C29H27Si. The Hall–Kier alpha value is -2.90. The molecule has 1 heteroatoms. The highest BCUT2D eigenvalue weighted by Crippen LogP contribution is 2.28. The lowest BCUT2D eigenvalue weighted by molar-refractivity contribution is 1.38. The van der Waals surface area contributed by atoms with Crippen molar-refractivity contribution >= 4 is 24.4 Å². The summed E-state index contributed by atoms with van der Waals surface area (Å²) in [5.41, 5.74) is 12.3. The highest BCUT2D eigenvalue weighted by Gasteiger charge is 2.33. The normalized spacial score (nSPS) is 12.7. The molecule has 0 unspecified atom stereocenters. The van der Waals surface area contributed by atoms with Crippen LogP contribution in [0.5, 0.6) is 0 Å². The summed E-state index contributed by atoms with van der Waals surface area (Å²) in [6, 6.07) is 28.0. The lowest BCUT2D eigenvalue weighted by Gasteiger charge is -2.20. The van der Waals surface area contributed by atoms with E-state index in [4.69, 9.17) is 0 Å². The molecule has 1 radical (unpaired) electrons. The number of rotatable bonds is 2. The van der Waals surface area contributed by atoms with Gasteiger partial charge in [-0.1, -0.05) is 95.1 Å². The van der Waals surface area contributed by atoms with Gasteiger partial charge in [0.2, 0.25) is 0 Å². The first-order chi connectivity index (χ1) is 14.4. The lowest BCUT2D eigenvalue weighted by Crippen LogP contribution is -2.50. The van der Waals surface area contributed by atoms with Crippen molar-refractivity contribution in [1.82, 2.24) is 0 Å². The lowest BCUT2D eigenvalue weighted by atomic mass is 9.98. The molecule has 0 amide bonds. The van der Waals surface area contributed by atoms with Crippen LogP contribution in [0.4, 0.5) is 0 Å². The Bertz CT molecular complexity index is 1240. The first-order valence-electron chi connectivity index (χ1n) is 10.7. The van der Waals surface area contributed by atoms with Crippen LogP contribution in [0.15, 0.2) is 72.8 Å². The summed E-state index contributed by atoms with van der Waals surface area (Å²) in [5, 5.41) is 4.59. The third-order valence-electron chi connectivity index (χ3n) is 6.30. The summed E-state index contributed by atoms with van der Waals surface area (Å²) in [7, 11) is -1.07. The molecule has 30 heavy (non-hydrogen) atoms. The Labute approximate surface area is 181 Å². The van der Waals surface area contributed by atoms with Crippen LogP contribution in [0.2, 0.25) is 0 Å². The van der Waals surface area contributed by atoms with E-state index in [1.807, 2.05) is 0 Å². The maximum atomic E-state index is 2.45. The van der Waals surface area contributed by atoms with E-state index in [0.29, 0.717) is 0 Å². The average Bonchev–Trinajstić information content (AvgIpc) is 3.00. The molecule has 1 aliphatic rings. The fraction of sp³-hybridized carbons (Fsp3) is 0.172. The molecule has 0 aromatic heterocycles. The topological polar surface area (TPSA) is 0 Å². The van der Waals surface area contributed by atoms with Crippen molar-refractivity contribution in [2.45, 2.75) is 34.6 Å². The minimum atomic E-state index is -1.07. The molecule has 5 rings (SSSR count). The van der Waals surface area contributed by atoms with E-state index < -0.39 is 8.80 Å². The van der Waals surface area contributed by atoms with Crippen molar-refractivity contribution in [2.75, 3.05) is 0 Å². The van der Waals surface area contributed by atoms with Gasteiger partial charge in [-0.2, -0.15) is 0 Å². The van der Waals surface area contributed by atoms with Crippen LogP contribution >= 0.6 is 0 Å². The first-order valence-corrected chi connectivity index (χ1v) is 12.2. The van der Waals surface area contributed by atoms with Gasteiger partial charge in [0.15, 0.2) is 8.80 Å². The molecule has 4 aromatic carbocycles. The number of aryl methyl sites for hydroxylation is 5. The van der Waals surface area contributed by atoms with Gasteiger partial charge in [0.25, 0.3) is 0 Å². The molecule has 0 saturated carbocycles. The van der Waals surface area contributed by atoms with Crippen molar-refractivity contribution in [1.29, 1.82) is 0 Å². The smallest absolute Gasteiger partial charge is 0.0589 e. The van der Waals surface area contributed by atoms with Gasteiger partial charge in [-0.05, 0) is 78.0 Å². The number of hydrogen-bond donors (Lipinski definition) is 0.